The Labute approximate surface area is 154 Å². The summed E-state index contributed by atoms with van der Waals surface area (Å²) < 4.78 is 11.7. The smallest absolute Gasteiger partial charge is 0.299 e. The Bertz CT molecular complexity index is 1050. The SMILES string of the molecule is CCc1cccc2sc(N(Cc3ccco3)C(=O)c3cc(C)no3)nc12. The van der Waals surface area contributed by atoms with Crippen LogP contribution in [0.1, 0.15) is 34.5 Å². The van der Waals surface area contributed by atoms with Gasteiger partial charge in [-0.25, -0.2) is 4.98 Å². The van der Waals surface area contributed by atoms with Crippen LogP contribution in [0.4, 0.5) is 5.13 Å². The molecule has 0 fully saturated rings. The molecule has 1 amide bonds. The van der Waals surface area contributed by atoms with Crippen molar-refractivity contribution in [2.45, 2.75) is 26.8 Å². The van der Waals surface area contributed by atoms with Gasteiger partial charge in [0.2, 0.25) is 5.76 Å². The average molecular weight is 367 g/mol. The summed E-state index contributed by atoms with van der Waals surface area (Å²) in [6.07, 6.45) is 2.47. The Morgan fingerprint density at radius 3 is 2.85 bits per heavy atom. The zero-order valence-electron chi connectivity index (χ0n) is 14.4. The molecule has 7 heteroatoms. The molecule has 0 saturated carbocycles. The lowest BCUT2D eigenvalue weighted by atomic mass is 10.1. The van der Waals surface area contributed by atoms with Crippen LogP contribution in [-0.4, -0.2) is 16.0 Å². The van der Waals surface area contributed by atoms with Crippen LogP contribution in [0, 0.1) is 6.92 Å². The van der Waals surface area contributed by atoms with Crippen molar-refractivity contribution >= 4 is 32.6 Å². The Kier molecular flexibility index (Phi) is 4.30. The lowest BCUT2D eigenvalue weighted by Gasteiger charge is -2.16. The zero-order chi connectivity index (χ0) is 18.1. The summed E-state index contributed by atoms with van der Waals surface area (Å²) in [5.74, 6) is 0.563. The number of carbonyl (C=O) groups is 1. The van der Waals surface area contributed by atoms with E-state index < -0.39 is 0 Å². The van der Waals surface area contributed by atoms with Crippen LogP contribution in [0.15, 0.2) is 51.6 Å². The third-order valence-electron chi connectivity index (χ3n) is 4.08. The number of fused-ring (bicyclic) bond motifs is 1. The molecule has 132 valence electrons. The molecular weight excluding hydrogens is 350 g/mol. The lowest BCUT2D eigenvalue weighted by Crippen LogP contribution is -2.29. The van der Waals surface area contributed by atoms with Gasteiger partial charge in [-0.15, -0.1) is 0 Å². The van der Waals surface area contributed by atoms with E-state index in [2.05, 4.69) is 18.1 Å². The van der Waals surface area contributed by atoms with Gasteiger partial charge in [0.15, 0.2) is 5.13 Å². The largest absolute Gasteiger partial charge is 0.467 e. The lowest BCUT2D eigenvalue weighted by molar-refractivity contribution is 0.0947. The normalized spacial score (nSPS) is 11.2. The summed E-state index contributed by atoms with van der Waals surface area (Å²) in [6, 6.07) is 11.3. The third kappa shape index (κ3) is 3.01. The molecule has 0 spiro atoms. The van der Waals surface area contributed by atoms with Crippen molar-refractivity contribution in [2.24, 2.45) is 0 Å². The highest BCUT2D eigenvalue weighted by Gasteiger charge is 2.26. The van der Waals surface area contributed by atoms with Crippen molar-refractivity contribution in [1.29, 1.82) is 0 Å². The number of carbonyl (C=O) groups excluding carboxylic acids is 1. The molecule has 0 aliphatic rings. The molecule has 4 aromatic rings. The van der Waals surface area contributed by atoms with E-state index in [1.807, 2.05) is 18.2 Å². The van der Waals surface area contributed by atoms with Gasteiger partial charge in [0.05, 0.1) is 28.7 Å². The second kappa shape index (κ2) is 6.76. The van der Waals surface area contributed by atoms with Crippen LogP contribution in [0.5, 0.6) is 0 Å². The van der Waals surface area contributed by atoms with Gasteiger partial charge in [0.1, 0.15) is 5.76 Å². The molecule has 0 unspecified atom stereocenters. The quantitative estimate of drug-likeness (QED) is 0.516. The third-order valence-corrected chi connectivity index (χ3v) is 5.12. The second-order valence-electron chi connectivity index (χ2n) is 5.92. The maximum absolute atomic E-state index is 13.0. The summed E-state index contributed by atoms with van der Waals surface area (Å²) in [6.45, 7) is 4.14. The molecule has 26 heavy (non-hydrogen) atoms. The first-order chi connectivity index (χ1) is 12.7. The monoisotopic (exact) mass is 367 g/mol. The molecular formula is C19H17N3O3S. The summed E-state index contributed by atoms with van der Waals surface area (Å²) in [4.78, 5) is 19.3. The molecule has 0 saturated heterocycles. The summed E-state index contributed by atoms with van der Waals surface area (Å²) in [5.41, 5.74) is 2.75. The van der Waals surface area contributed by atoms with Crippen molar-refractivity contribution in [2.75, 3.05) is 4.90 Å². The van der Waals surface area contributed by atoms with E-state index in [1.54, 1.807) is 30.2 Å². The van der Waals surface area contributed by atoms with Gasteiger partial charge in [-0.1, -0.05) is 35.5 Å². The fourth-order valence-corrected chi connectivity index (χ4v) is 3.79. The van der Waals surface area contributed by atoms with Gasteiger partial charge in [-0.2, -0.15) is 0 Å². The van der Waals surface area contributed by atoms with Gasteiger partial charge in [0, 0.05) is 6.07 Å². The molecule has 0 aliphatic carbocycles. The van der Waals surface area contributed by atoms with E-state index in [0.717, 1.165) is 22.2 Å². The van der Waals surface area contributed by atoms with Crippen LogP contribution in [-0.2, 0) is 13.0 Å². The first-order valence-electron chi connectivity index (χ1n) is 8.31. The highest BCUT2D eigenvalue weighted by atomic mass is 32.1. The topological polar surface area (TPSA) is 72.4 Å². The predicted octanol–water partition coefficient (Wildman–Crippen LogP) is 4.60. The molecule has 1 aromatic carbocycles. The van der Waals surface area contributed by atoms with Gasteiger partial charge < -0.3 is 8.94 Å². The molecule has 6 nitrogen and oxygen atoms in total. The molecule has 4 rings (SSSR count). The highest BCUT2D eigenvalue weighted by molar-refractivity contribution is 7.22. The predicted molar refractivity (Wildman–Crippen MR) is 99.5 cm³/mol. The van der Waals surface area contributed by atoms with Gasteiger partial charge in [-0.3, -0.25) is 9.69 Å². The Morgan fingerprint density at radius 1 is 1.27 bits per heavy atom. The number of para-hydroxylation sites is 1. The molecule has 0 atom stereocenters. The molecule has 0 bridgehead atoms. The first kappa shape index (κ1) is 16.5. The van der Waals surface area contributed by atoms with Gasteiger partial charge in [-0.05, 0) is 37.1 Å². The zero-order valence-corrected chi connectivity index (χ0v) is 15.2. The Morgan fingerprint density at radius 2 is 2.15 bits per heavy atom. The number of amides is 1. The van der Waals surface area contributed by atoms with Crippen LogP contribution < -0.4 is 4.90 Å². The van der Waals surface area contributed by atoms with Crippen LogP contribution >= 0.6 is 11.3 Å². The van der Waals surface area contributed by atoms with E-state index in [4.69, 9.17) is 13.9 Å². The van der Waals surface area contributed by atoms with Crippen molar-refractivity contribution in [1.82, 2.24) is 10.1 Å². The number of aromatic nitrogens is 2. The van der Waals surface area contributed by atoms with Crippen molar-refractivity contribution in [3.8, 4) is 0 Å². The number of aryl methyl sites for hydroxylation is 2. The maximum atomic E-state index is 13.0. The van der Waals surface area contributed by atoms with E-state index in [9.17, 15) is 4.79 Å². The number of thiazole rings is 1. The second-order valence-corrected chi connectivity index (χ2v) is 6.93. The van der Waals surface area contributed by atoms with E-state index in [1.165, 1.54) is 11.3 Å². The maximum Gasteiger partial charge on any atom is 0.299 e. The average Bonchev–Trinajstić information content (AvgIpc) is 3.38. The van der Waals surface area contributed by atoms with Crippen molar-refractivity contribution in [3.05, 3.63) is 65.4 Å². The van der Waals surface area contributed by atoms with Crippen LogP contribution in [0.2, 0.25) is 0 Å². The standard InChI is InChI=1S/C19H17N3O3S/c1-3-13-6-4-8-16-17(13)20-19(26-16)22(11-14-7-5-9-24-14)18(23)15-10-12(2)21-25-15/h4-10H,3,11H2,1-2H3. The minimum atomic E-state index is -0.292. The highest BCUT2D eigenvalue weighted by Crippen LogP contribution is 2.32. The molecule has 3 heterocycles. The van der Waals surface area contributed by atoms with Crippen molar-refractivity contribution < 1.29 is 13.7 Å². The van der Waals surface area contributed by atoms with E-state index in [-0.39, 0.29) is 18.2 Å². The number of anilines is 1. The minimum absolute atomic E-state index is 0.184. The molecule has 0 radical (unpaired) electrons. The molecule has 3 aromatic heterocycles. The molecule has 0 N–H and O–H groups in total. The van der Waals surface area contributed by atoms with Crippen LogP contribution in [0.3, 0.4) is 0 Å². The van der Waals surface area contributed by atoms with Gasteiger partial charge in [0.25, 0.3) is 5.91 Å². The first-order valence-corrected chi connectivity index (χ1v) is 9.13. The number of hydrogen-bond acceptors (Lipinski definition) is 6. The minimum Gasteiger partial charge on any atom is -0.467 e. The fraction of sp³-hybridized carbons (Fsp3) is 0.211. The number of hydrogen-bond donors (Lipinski definition) is 0. The summed E-state index contributed by atoms with van der Waals surface area (Å²) in [5, 5.41) is 4.43. The van der Waals surface area contributed by atoms with E-state index in [0.29, 0.717) is 16.6 Å². The summed E-state index contributed by atoms with van der Waals surface area (Å²) >= 11 is 1.48. The van der Waals surface area contributed by atoms with Gasteiger partial charge >= 0.3 is 0 Å². The van der Waals surface area contributed by atoms with Crippen molar-refractivity contribution in [3.63, 3.8) is 0 Å². The number of furan rings is 1. The number of benzene rings is 1. The van der Waals surface area contributed by atoms with E-state index >= 15 is 0 Å². The summed E-state index contributed by atoms with van der Waals surface area (Å²) in [7, 11) is 0. The molecule has 0 aliphatic heterocycles. The Balaban J connectivity index is 1.78. The fourth-order valence-electron chi connectivity index (χ4n) is 2.78. The number of nitrogens with zero attached hydrogens (tertiary/aromatic N) is 3. The Hall–Kier alpha value is -2.93. The number of rotatable bonds is 5. The van der Waals surface area contributed by atoms with Crippen LogP contribution in [0.25, 0.3) is 10.2 Å².